The van der Waals surface area contributed by atoms with Crippen LogP contribution in [-0.2, 0) is 29.9 Å². The fraction of sp³-hybridized carbons (Fsp3) is 0.176. The second-order valence-electron chi connectivity index (χ2n) is 9.96. The van der Waals surface area contributed by atoms with Gasteiger partial charge in [-0.15, -0.1) is 0 Å². The van der Waals surface area contributed by atoms with Gasteiger partial charge in [-0.3, -0.25) is 0 Å². The predicted octanol–water partition coefficient (Wildman–Crippen LogP) is 5.90. The number of rotatable bonds is 9. The molecule has 0 N–H and O–H groups in total. The van der Waals surface area contributed by atoms with Crippen molar-refractivity contribution >= 4 is 23.9 Å². The molecule has 1 heterocycles. The van der Waals surface area contributed by atoms with Crippen molar-refractivity contribution in [2.45, 2.75) is 30.8 Å². The smallest absolute Gasteiger partial charge is 0.416 e. The molecule has 0 aliphatic carbocycles. The first-order valence-corrected chi connectivity index (χ1v) is 13.9. The lowest BCUT2D eigenvalue weighted by atomic mass is 10.1. The summed E-state index contributed by atoms with van der Waals surface area (Å²) in [5.74, 6) is -3.78. The van der Waals surface area contributed by atoms with E-state index in [1.807, 2.05) is 0 Å². The molecule has 0 unspecified atom stereocenters. The minimum Gasteiger partial charge on any atom is -0.459 e. The molecule has 4 aromatic carbocycles. The minimum absolute atomic E-state index is 0.103. The van der Waals surface area contributed by atoms with Gasteiger partial charge in [-0.25, -0.2) is 19.2 Å². The van der Waals surface area contributed by atoms with Crippen molar-refractivity contribution in [3.05, 3.63) is 143 Å². The molecule has 0 saturated carbocycles. The van der Waals surface area contributed by atoms with Crippen molar-refractivity contribution in [2.24, 2.45) is 0 Å². The van der Waals surface area contributed by atoms with Gasteiger partial charge >= 0.3 is 30.1 Å². The van der Waals surface area contributed by atoms with Gasteiger partial charge in [0.1, 0.15) is 12.7 Å². The van der Waals surface area contributed by atoms with Gasteiger partial charge < -0.3 is 23.7 Å². The lowest BCUT2D eigenvalue weighted by molar-refractivity contribution is -0.142. The number of hydrogen-bond donors (Lipinski definition) is 0. The summed E-state index contributed by atoms with van der Waals surface area (Å²) in [6, 6.07) is 26.9. The zero-order valence-corrected chi connectivity index (χ0v) is 23.8. The number of carbonyl (C=O) groups is 4. The zero-order chi connectivity index (χ0) is 32.7. The Hall–Kier alpha value is -5.49. The Bertz CT molecular complexity index is 1680. The largest absolute Gasteiger partial charge is 0.459 e. The molecule has 0 aromatic heterocycles. The van der Waals surface area contributed by atoms with Crippen LogP contribution in [0.15, 0.2) is 115 Å². The van der Waals surface area contributed by atoms with Gasteiger partial charge in [-0.05, 0) is 54.6 Å². The van der Waals surface area contributed by atoms with E-state index >= 15 is 0 Å². The van der Waals surface area contributed by atoms with Crippen LogP contribution in [0, 0.1) is 0 Å². The third-order valence-electron chi connectivity index (χ3n) is 6.81. The normalized spacial score (nSPS) is 19.1. The molecule has 0 amide bonds. The Morgan fingerprint density at radius 2 is 1.02 bits per heavy atom. The van der Waals surface area contributed by atoms with Gasteiger partial charge in [-0.2, -0.15) is 13.2 Å². The number of halogens is 3. The molecule has 4 aromatic rings. The summed E-state index contributed by atoms with van der Waals surface area (Å²) in [4.78, 5) is 52.1. The van der Waals surface area contributed by atoms with Crippen LogP contribution in [0.2, 0.25) is 0 Å². The molecule has 236 valence electrons. The van der Waals surface area contributed by atoms with E-state index in [2.05, 4.69) is 0 Å². The van der Waals surface area contributed by atoms with Gasteiger partial charge in [0.05, 0.1) is 27.8 Å². The van der Waals surface area contributed by atoms with Gasteiger partial charge in [0.25, 0.3) is 0 Å². The third-order valence-corrected chi connectivity index (χ3v) is 6.81. The molecule has 1 aliphatic heterocycles. The number of hydrogen-bond acceptors (Lipinski definition) is 9. The highest BCUT2D eigenvalue weighted by Crippen LogP contribution is 2.32. The van der Waals surface area contributed by atoms with Crippen molar-refractivity contribution in [2.75, 3.05) is 6.61 Å². The Morgan fingerprint density at radius 1 is 0.565 bits per heavy atom. The first-order valence-electron chi connectivity index (χ1n) is 13.9. The summed E-state index contributed by atoms with van der Waals surface area (Å²) < 4.78 is 68.1. The van der Waals surface area contributed by atoms with E-state index in [1.165, 1.54) is 36.4 Å². The molecule has 4 atom stereocenters. The average molecular weight is 635 g/mol. The molecule has 1 aliphatic rings. The van der Waals surface area contributed by atoms with Crippen LogP contribution in [0.25, 0.3) is 0 Å². The van der Waals surface area contributed by atoms with Crippen LogP contribution < -0.4 is 0 Å². The quantitative estimate of drug-likeness (QED) is 0.164. The molecule has 0 spiro atoms. The molecule has 0 bridgehead atoms. The highest BCUT2D eigenvalue weighted by molar-refractivity contribution is 5.91. The summed E-state index contributed by atoms with van der Waals surface area (Å²) >= 11 is 0. The van der Waals surface area contributed by atoms with E-state index in [0.717, 1.165) is 18.2 Å². The molecule has 1 saturated heterocycles. The number of benzene rings is 4. The summed E-state index contributed by atoms with van der Waals surface area (Å²) in [5, 5.41) is 0. The van der Waals surface area contributed by atoms with E-state index < -0.39 is 72.4 Å². The van der Waals surface area contributed by atoms with Crippen molar-refractivity contribution in [3.8, 4) is 0 Å². The van der Waals surface area contributed by atoms with E-state index in [9.17, 15) is 32.3 Å². The summed E-state index contributed by atoms with van der Waals surface area (Å²) in [5.41, 5.74) is -1.16. The number of carbonyl (C=O) groups excluding carboxylic acids is 4. The van der Waals surface area contributed by atoms with E-state index in [4.69, 9.17) is 23.7 Å². The Labute approximate surface area is 260 Å². The maximum absolute atomic E-state index is 13.4. The van der Waals surface area contributed by atoms with E-state index in [1.54, 1.807) is 54.6 Å². The highest BCUT2D eigenvalue weighted by Gasteiger charge is 2.52. The van der Waals surface area contributed by atoms with Crippen molar-refractivity contribution < 1.29 is 56.0 Å². The summed E-state index contributed by atoms with van der Waals surface area (Å²) in [6.45, 7) is -0.544. The lowest BCUT2D eigenvalue weighted by Gasteiger charge is -2.24. The van der Waals surface area contributed by atoms with Crippen molar-refractivity contribution in [3.63, 3.8) is 0 Å². The van der Waals surface area contributed by atoms with Gasteiger partial charge in [0.15, 0.2) is 6.10 Å². The zero-order valence-electron chi connectivity index (χ0n) is 23.8. The first-order chi connectivity index (χ1) is 22.1. The van der Waals surface area contributed by atoms with Gasteiger partial charge in [-0.1, -0.05) is 60.7 Å². The fourth-order valence-electron chi connectivity index (χ4n) is 4.53. The second-order valence-corrected chi connectivity index (χ2v) is 9.96. The third kappa shape index (κ3) is 7.77. The average Bonchev–Trinajstić information content (AvgIpc) is 3.38. The second kappa shape index (κ2) is 14.1. The van der Waals surface area contributed by atoms with E-state index in [-0.39, 0.29) is 16.7 Å². The Balaban J connectivity index is 1.46. The van der Waals surface area contributed by atoms with Crippen LogP contribution in [0.3, 0.4) is 0 Å². The fourth-order valence-corrected chi connectivity index (χ4v) is 4.53. The highest BCUT2D eigenvalue weighted by atomic mass is 19.4. The molecule has 9 nitrogen and oxygen atoms in total. The topological polar surface area (TPSA) is 114 Å². The van der Waals surface area contributed by atoms with Gasteiger partial charge in [0.2, 0.25) is 12.4 Å². The van der Waals surface area contributed by atoms with Crippen LogP contribution in [0.5, 0.6) is 0 Å². The van der Waals surface area contributed by atoms with Crippen LogP contribution in [0.1, 0.15) is 47.0 Å². The van der Waals surface area contributed by atoms with Crippen LogP contribution in [0.4, 0.5) is 13.2 Å². The molecule has 12 heteroatoms. The Kier molecular flexibility index (Phi) is 9.77. The number of alkyl halides is 3. The maximum Gasteiger partial charge on any atom is 0.416 e. The molecule has 0 radical (unpaired) electrons. The van der Waals surface area contributed by atoms with Crippen LogP contribution >= 0.6 is 0 Å². The predicted molar refractivity (Wildman–Crippen MR) is 154 cm³/mol. The number of ether oxygens (including phenoxy) is 5. The van der Waals surface area contributed by atoms with E-state index in [0.29, 0.717) is 6.07 Å². The van der Waals surface area contributed by atoms with Crippen LogP contribution in [-0.4, -0.2) is 55.1 Å². The number of esters is 4. The molecule has 1 fully saturated rings. The first kappa shape index (κ1) is 31.9. The molecular weight excluding hydrogens is 609 g/mol. The summed E-state index contributed by atoms with van der Waals surface area (Å²) in [6.07, 6.45) is -11.0. The monoisotopic (exact) mass is 634 g/mol. The van der Waals surface area contributed by atoms with Crippen molar-refractivity contribution in [1.29, 1.82) is 0 Å². The lowest BCUT2D eigenvalue weighted by Crippen LogP contribution is -2.42. The maximum atomic E-state index is 13.4. The Morgan fingerprint density at radius 3 is 1.57 bits per heavy atom. The standard InChI is InChI=1S/C34H25F3O9/c35-34(36,37)25-18-10-17-24(19-25)32(41)45-28-27(44-30(39)22-13-6-2-7-14-22)26(20-42-29(38)21-11-4-1-5-12-21)43-33(28)46-31(40)23-15-8-3-9-16-23/h1-19,26-28,33H,20H2/t26-,27-,28-,33-/m1/s1. The van der Waals surface area contributed by atoms with Crippen molar-refractivity contribution in [1.82, 2.24) is 0 Å². The van der Waals surface area contributed by atoms with Gasteiger partial charge in [0, 0.05) is 0 Å². The SMILES string of the molecule is O=C(OC[C@H]1O[C@H](OC(=O)c2ccccc2)[C@H](OC(=O)c2cccc(C(F)(F)F)c2)[C@@H]1OC(=O)c1ccccc1)c1ccccc1. The summed E-state index contributed by atoms with van der Waals surface area (Å²) in [7, 11) is 0. The molecular formula is C34H25F3O9. The minimum atomic E-state index is -4.75. The molecule has 46 heavy (non-hydrogen) atoms. The molecule has 5 rings (SSSR count).